The topological polar surface area (TPSA) is 32.3 Å². The highest BCUT2D eigenvalue weighted by Gasteiger charge is 2.32. The summed E-state index contributed by atoms with van der Waals surface area (Å²) in [4.78, 5) is 15.6. The number of hydrogen-bond acceptors (Lipinski definition) is 3. The van der Waals surface area contributed by atoms with Crippen molar-refractivity contribution in [2.45, 2.75) is 32.2 Å². The monoisotopic (exact) mass is 330 g/mol. The van der Waals surface area contributed by atoms with Gasteiger partial charge in [0.25, 0.3) is 0 Å². The van der Waals surface area contributed by atoms with E-state index < -0.39 is 0 Å². The van der Waals surface area contributed by atoms with Crippen molar-refractivity contribution in [3.05, 3.63) is 20.8 Å². The van der Waals surface area contributed by atoms with E-state index in [1.807, 2.05) is 11.0 Å². The summed E-state index contributed by atoms with van der Waals surface area (Å²) in [5.74, 6) is 0.269. The van der Waals surface area contributed by atoms with E-state index in [4.69, 9.17) is 0 Å². The average molecular weight is 331 g/mol. The van der Waals surface area contributed by atoms with Gasteiger partial charge in [-0.05, 0) is 48.3 Å². The molecule has 100 valence electrons. The Morgan fingerprint density at radius 1 is 1.56 bits per heavy atom. The number of piperazine rings is 1. The molecule has 0 unspecified atom stereocenters. The van der Waals surface area contributed by atoms with Crippen molar-refractivity contribution < 1.29 is 4.79 Å². The van der Waals surface area contributed by atoms with Crippen LogP contribution in [0.2, 0.25) is 0 Å². The Morgan fingerprint density at radius 2 is 2.33 bits per heavy atom. The first-order chi connectivity index (χ1) is 8.49. The van der Waals surface area contributed by atoms with Crippen LogP contribution in [0.25, 0.3) is 0 Å². The number of nitrogens with zero attached hydrogens (tertiary/aromatic N) is 1. The average Bonchev–Trinajstić information content (AvgIpc) is 2.71. The lowest BCUT2D eigenvalue weighted by Gasteiger charge is -2.43. The van der Waals surface area contributed by atoms with Crippen LogP contribution >= 0.6 is 27.3 Å². The second-order valence-corrected chi connectivity index (χ2v) is 7.79. The molecule has 2 rings (SSSR count). The lowest BCUT2D eigenvalue weighted by Crippen LogP contribution is -2.59. The van der Waals surface area contributed by atoms with Crippen LogP contribution in [0.3, 0.4) is 0 Å². The van der Waals surface area contributed by atoms with Crippen LogP contribution in [0.15, 0.2) is 15.9 Å². The molecule has 1 amide bonds. The third-order valence-corrected chi connectivity index (χ3v) is 5.00. The zero-order valence-electron chi connectivity index (χ0n) is 10.8. The number of rotatable bonds is 3. The van der Waals surface area contributed by atoms with Gasteiger partial charge in [-0.3, -0.25) is 4.79 Å². The van der Waals surface area contributed by atoms with Gasteiger partial charge in [-0.1, -0.05) is 0 Å². The predicted octanol–water partition coefficient (Wildman–Crippen LogP) is 2.65. The highest BCUT2D eigenvalue weighted by Crippen LogP contribution is 2.24. The van der Waals surface area contributed by atoms with E-state index in [1.165, 1.54) is 4.88 Å². The number of aryl methyl sites for hydroxylation is 1. The Morgan fingerprint density at radius 3 is 2.94 bits per heavy atom. The fourth-order valence-electron chi connectivity index (χ4n) is 2.30. The van der Waals surface area contributed by atoms with Gasteiger partial charge in [-0.25, -0.2) is 0 Å². The summed E-state index contributed by atoms with van der Waals surface area (Å²) >= 11 is 5.16. The fourth-order valence-corrected chi connectivity index (χ4v) is 3.78. The molecule has 1 aromatic rings. The van der Waals surface area contributed by atoms with E-state index in [1.54, 1.807) is 11.3 Å². The maximum absolute atomic E-state index is 12.3. The third kappa shape index (κ3) is 3.33. The number of amides is 1. The quantitative estimate of drug-likeness (QED) is 0.924. The number of halogens is 1. The summed E-state index contributed by atoms with van der Waals surface area (Å²) in [7, 11) is 0. The normalized spacial score (nSPS) is 18.9. The molecule has 0 aliphatic carbocycles. The molecule has 2 heterocycles. The molecule has 0 aromatic carbocycles. The molecular formula is C13H19BrN2OS. The Labute approximate surface area is 121 Å². The van der Waals surface area contributed by atoms with Crippen LogP contribution in [0.4, 0.5) is 0 Å². The maximum atomic E-state index is 12.3. The predicted molar refractivity (Wildman–Crippen MR) is 79.0 cm³/mol. The van der Waals surface area contributed by atoms with Crippen molar-refractivity contribution in [2.75, 3.05) is 19.6 Å². The van der Waals surface area contributed by atoms with Crippen molar-refractivity contribution in [3.63, 3.8) is 0 Å². The first-order valence-electron chi connectivity index (χ1n) is 6.24. The molecule has 5 heteroatoms. The van der Waals surface area contributed by atoms with E-state index in [-0.39, 0.29) is 11.4 Å². The van der Waals surface area contributed by atoms with Gasteiger partial charge in [0.15, 0.2) is 0 Å². The van der Waals surface area contributed by atoms with Gasteiger partial charge in [0, 0.05) is 36.5 Å². The SMILES string of the molecule is CC1(C)CNCCN1C(=O)CCc1ccc(Br)s1. The number of nitrogens with one attached hydrogen (secondary N) is 1. The summed E-state index contributed by atoms with van der Waals surface area (Å²) < 4.78 is 1.13. The van der Waals surface area contributed by atoms with Crippen LogP contribution in [-0.4, -0.2) is 36.0 Å². The zero-order valence-corrected chi connectivity index (χ0v) is 13.2. The lowest BCUT2D eigenvalue weighted by atomic mass is 9.99. The summed E-state index contributed by atoms with van der Waals surface area (Å²) in [5.41, 5.74) is -0.0641. The van der Waals surface area contributed by atoms with Gasteiger partial charge in [0.05, 0.1) is 3.79 Å². The molecule has 1 aliphatic rings. The van der Waals surface area contributed by atoms with E-state index in [9.17, 15) is 4.79 Å². The molecule has 0 spiro atoms. The van der Waals surface area contributed by atoms with Gasteiger partial charge in [-0.15, -0.1) is 11.3 Å². The van der Waals surface area contributed by atoms with E-state index >= 15 is 0 Å². The Bertz CT molecular complexity index is 430. The summed E-state index contributed by atoms with van der Waals surface area (Å²) in [5, 5.41) is 3.34. The summed E-state index contributed by atoms with van der Waals surface area (Å²) in [6, 6.07) is 4.13. The summed E-state index contributed by atoms with van der Waals surface area (Å²) in [6.45, 7) is 6.85. The van der Waals surface area contributed by atoms with Gasteiger partial charge in [-0.2, -0.15) is 0 Å². The van der Waals surface area contributed by atoms with Crippen molar-refractivity contribution >= 4 is 33.2 Å². The molecule has 1 aliphatic heterocycles. The van der Waals surface area contributed by atoms with Crippen LogP contribution in [0.5, 0.6) is 0 Å². The molecule has 0 atom stereocenters. The molecule has 18 heavy (non-hydrogen) atoms. The van der Waals surface area contributed by atoms with E-state index in [0.29, 0.717) is 6.42 Å². The van der Waals surface area contributed by atoms with Crippen molar-refractivity contribution in [3.8, 4) is 0 Å². The molecule has 3 nitrogen and oxygen atoms in total. The standard InChI is InChI=1S/C13H19BrN2OS/c1-13(2)9-15-7-8-16(13)12(17)6-4-10-3-5-11(14)18-10/h3,5,15H,4,6-9H2,1-2H3. The van der Waals surface area contributed by atoms with Crippen LogP contribution in [0.1, 0.15) is 25.1 Å². The third-order valence-electron chi connectivity index (χ3n) is 3.32. The van der Waals surface area contributed by atoms with Crippen molar-refractivity contribution in [1.82, 2.24) is 10.2 Å². The van der Waals surface area contributed by atoms with Crippen LogP contribution < -0.4 is 5.32 Å². The molecule has 1 fully saturated rings. The molecule has 0 saturated carbocycles. The smallest absolute Gasteiger partial charge is 0.223 e. The molecule has 0 bridgehead atoms. The molecule has 1 saturated heterocycles. The van der Waals surface area contributed by atoms with Crippen LogP contribution in [-0.2, 0) is 11.2 Å². The minimum atomic E-state index is -0.0641. The minimum absolute atomic E-state index is 0.0641. The Kier molecular flexibility index (Phi) is 4.45. The Balaban J connectivity index is 1.91. The van der Waals surface area contributed by atoms with E-state index in [2.05, 4.69) is 41.2 Å². The first kappa shape index (κ1) is 14.0. The van der Waals surface area contributed by atoms with Crippen molar-refractivity contribution in [2.24, 2.45) is 0 Å². The number of carbonyl (C=O) groups is 1. The highest BCUT2D eigenvalue weighted by molar-refractivity contribution is 9.11. The highest BCUT2D eigenvalue weighted by atomic mass is 79.9. The maximum Gasteiger partial charge on any atom is 0.223 e. The lowest BCUT2D eigenvalue weighted by molar-refractivity contribution is -0.137. The molecular weight excluding hydrogens is 312 g/mol. The molecule has 1 aromatic heterocycles. The second kappa shape index (κ2) is 5.72. The van der Waals surface area contributed by atoms with E-state index in [0.717, 1.165) is 29.8 Å². The summed E-state index contributed by atoms with van der Waals surface area (Å²) in [6.07, 6.45) is 1.45. The number of carbonyl (C=O) groups excluding carboxylic acids is 1. The van der Waals surface area contributed by atoms with Gasteiger partial charge in [0.2, 0.25) is 5.91 Å². The largest absolute Gasteiger partial charge is 0.335 e. The van der Waals surface area contributed by atoms with Gasteiger partial charge < -0.3 is 10.2 Å². The minimum Gasteiger partial charge on any atom is -0.335 e. The van der Waals surface area contributed by atoms with Gasteiger partial charge in [0.1, 0.15) is 0 Å². The fraction of sp³-hybridized carbons (Fsp3) is 0.615. The zero-order chi connectivity index (χ0) is 13.2. The molecule has 1 N–H and O–H groups in total. The van der Waals surface area contributed by atoms with Gasteiger partial charge >= 0.3 is 0 Å². The second-order valence-electron chi connectivity index (χ2n) is 5.24. The van der Waals surface area contributed by atoms with Crippen LogP contribution in [0, 0.1) is 0 Å². The Hall–Kier alpha value is -0.390. The number of thiophene rings is 1. The number of hydrogen-bond donors (Lipinski definition) is 1. The molecule has 0 radical (unpaired) electrons. The first-order valence-corrected chi connectivity index (χ1v) is 7.85. The van der Waals surface area contributed by atoms with Crippen molar-refractivity contribution in [1.29, 1.82) is 0 Å².